The summed E-state index contributed by atoms with van der Waals surface area (Å²) in [4.78, 5) is 4.62. The Balaban J connectivity index is 2.62. The van der Waals surface area contributed by atoms with Crippen LogP contribution in [0.1, 0.15) is 12.7 Å². The summed E-state index contributed by atoms with van der Waals surface area (Å²) < 4.78 is 2.89. The van der Waals surface area contributed by atoms with Crippen molar-refractivity contribution in [3.05, 3.63) is 46.2 Å². The highest BCUT2D eigenvalue weighted by Crippen LogP contribution is 2.34. The lowest BCUT2D eigenvalue weighted by Gasteiger charge is -2.06. The van der Waals surface area contributed by atoms with Crippen LogP contribution < -0.4 is 5.73 Å². The normalized spacial score (nSPS) is 10.7. The molecule has 0 saturated heterocycles. The molecule has 2 aromatic rings. The van der Waals surface area contributed by atoms with E-state index >= 15 is 0 Å². The van der Waals surface area contributed by atoms with Crippen LogP contribution in [0.25, 0.3) is 11.3 Å². The topological polar surface area (TPSA) is 43.8 Å². The number of allylic oxidation sites excluding steroid dienone is 1. The fraction of sp³-hybridized carbons (Fsp3) is 0.214. The largest absolute Gasteiger partial charge is 0.383 e. The average molecular weight is 341 g/mol. The van der Waals surface area contributed by atoms with Crippen LogP contribution in [0.15, 0.2) is 35.3 Å². The SMILES string of the molecule is C=CCn1c(CC)nc(-c2cc(Cl)ccc2Br)c1N. The van der Waals surface area contributed by atoms with Gasteiger partial charge in [-0.15, -0.1) is 6.58 Å². The molecule has 1 heterocycles. The van der Waals surface area contributed by atoms with Crippen molar-refractivity contribution in [3.8, 4) is 11.3 Å². The van der Waals surface area contributed by atoms with E-state index in [1.807, 2.05) is 28.8 Å². The molecular weight excluding hydrogens is 326 g/mol. The van der Waals surface area contributed by atoms with Crippen molar-refractivity contribution in [3.63, 3.8) is 0 Å². The molecule has 0 unspecified atom stereocenters. The van der Waals surface area contributed by atoms with Crippen LogP contribution >= 0.6 is 27.5 Å². The molecule has 0 amide bonds. The van der Waals surface area contributed by atoms with Gasteiger partial charge in [-0.1, -0.05) is 40.5 Å². The lowest BCUT2D eigenvalue weighted by molar-refractivity contribution is 0.757. The van der Waals surface area contributed by atoms with Gasteiger partial charge in [-0.05, 0) is 18.2 Å². The van der Waals surface area contributed by atoms with Crippen LogP contribution in [0, 0.1) is 0 Å². The number of nitrogens with zero attached hydrogens (tertiary/aromatic N) is 2. The number of aryl methyl sites for hydroxylation is 1. The lowest BCUT2D eigenvalue weighted by atomic mass is 10.1. The van der Waals surface area contributed by atoms with Gasteiger partial charge in [0.05, 0.1) is 0 Å². The molecule has 0 aliphatic rings. The Kier molecular flexibility index (Phi) is 4.32. The molecule has 19 heavy (non-hydrogen) atoms. The predicted molar refractivity (Wildman–Crippen MR) is 84.4 cm³/mol. The quantitative estimate of drug-likeness (QED) is 0.843. The smallest absolute Gasteiger partial charge is 0.132 e. The molecular formula is C14H15BrClN3. The van der Waals surface area contributed by atoms with E-state index in [-0.39, 0.29) is 0 Å². The van der Waals surface area contributed by atoms with E-state index < -0.39 is 0 Å². The van der Waals surface area contributed by atoms with Crippen LogP contribution in [0.3, 0.4) is 0 Å². The number of nitrogen functional groups attached to an aromatic ring is 1. The highest BCUT2D eigenvalue weighted by atomic mass is 79.9. The van der Waals surface area contributed by atoms with E-state index in [1.165, 1.54) is 0 Å². The highest BCUT2D eigenvalue weighted by molar-refractivity contribution is 9.10. The minimum Gasteiger partial charge on any atom is -0.383 e. The molecule has 3 nitrogen and oxygen atoms in total. The maximum Gasteiger partial charge on any atom is 0.132 e. The third-order valence-corrected chi connectivity index (χ3v) is 3.82. The molecule has 2 rings (SSSR count). The molecule has 1 aromatic heterocycles. The fourth-order valence-electron chi connectivity index (χ4n) is 1.99. The molecule has 0 saturated carbocycles. The van der Waals surface area contributed by atoms with Crippen LogP contribution in [-0.2, 0) is 13.0 Å². The first kappa shape index (κ1) is 14.2. The van der Waals surface area contributed by atoms with Gasteiger partial charge in [-0.3, -0.25) is 0 Å². The van der Waals surface area contributed by atoms with Gasteiger partial charge >= 0.3 is 0 Å². The maximum absolute atomic E-state index is 6.21. The van der Waals surface area contributed by atoms with Crippen molar-refractivity contribution in [2.45, 2.75) is 19.9 Å². The molecule has 0 spiro atoms. The van der Waals surface area contributed by atoms with E-state index in [0.717, 1.165) is 28.0 Å². The van der Waals surface area contributed by atoms with Gasteiger partial charge in [-0.2, -0.15) is 0 Å². The summed E-state index contributed by atoms with van der Waals surface area (Å²) in [6, 6.07) is 5.59. The van der Waals surface area contributed by atoms with Gasteiger partial charge in [0.2, 0.25) is 0 Å². The van der Waals surface area contributed by atoms with Gasteiger partial charge in [0, 0.05) is 28.0 Å². The molecule has 0 atom stereocenters. The van der Waals surface area contributed by atoms with Crippen molar-refractivity contribution in [1.29, 1.82) is 0 Å². The van der Waals surface area contributed by atoms with Crippen molar-refractivity contribution >= 4 is 33.3 Å². The number of nitrogens with two attached hydrogens (primary N) is 1. The minimum absolute atomic E-state index is 0.639. The fourth-order valence-corrected chi connectivity index (χ4v) is 2.60. The van der Waals surface area contributed by atoms with Crippen LogP contribution in [0.2, 0.25) is 5.02 Å². The summed E-state index contributed by atoms with van der Waals surface area (Å²) in [5.74, 6) is 1.58. The molecule has 5 heteroatoms. The Morgan fingerprint density at radius 1 is 1.53 bits per heavy atom. The second kappa shape index (κ2) is 5.80. The Bertz CT molecular complexity index is 619. The van der Waals surface area contributed by atoms with Gasteiger partial charge in [0.15, 0.2) is 0 Å². The van der Waals surface area contributed by atoms with E-state index in [2.05, 4.69) is 34.4 Å². The summed E-state index contributed by atoms with van der Waals surface area (Å²) in [6.07, 6.45) is 2.63. The molecule has 0 aliphatic carbocycles. The first-order valence-corrected chi connectivity index (χ1v) is 7.16. The van der Waals surface area contributed by atoms with Crippen molar-refractivity contribution in [2.24, 2.45) is 0 Å². The Hall–Kier alpha value is -1.26. The van der Waals surface area contributed by atoms with E-state index in [1.54, 1.807) is 0 Å². The first-order chi connectivity index (χ1) is 9.08. The van der Waals surface area contributed by atoms with Crippen molar-refractivity contribution in [2.75, 3.05) is 5.73 Å². The Labute approximate surface area is 126 Å². The van der Waals surface area contributed by atoms with E-state index in [9.17, 15) is 0 Å². The highest BCUT2D eigenvalue weighted by Gasteiger charge is 2.16. The van der Waals surface area contributed by atoms with E-state index in [4.69, 9.17) is 17.3 Å². The minimum atomic E-state index is 0.639. The van der Waals surface area contributed by atoms with Crippen molar-refractivity contribution in [1.82, 2.24) is 9.55 Å². The van der Waals surface area contributed by atoms with Gasteiger partial charge in [0.25, 0.3) is 0 Å². The average Bonchev–Trinajstić information content (AvgIpc) is 2.70. The molecule has 100 valence electrons. The van der Waals surface area contributed by atoms with Crippen LogP contribution in [0.4, 0.5) is 5.82 Å². The van der Waals surface area contributed by atoms with E-state index in [0.29, 0.717) is 17.4 Å². The molecule has 2 N–H and O–H groups in total. The third-order valence-electron chi connectivity index (χ3n) is 2.90. The van der Waals surface area contributed by atoms with Gasteiger partial charge in [0.1, 0.15) is 17.3 Å². The number of hydrogen-bond acceptors (Lipinski definition) is 2. The lowest BCUT2D eigenvalue weighted by Crippen LogP contribution is -2.05. The number of halogens is 2. The Morgan fingerprint density at radius 2 is 2.26 bits per heavy atom. The monoisotopic (exact) mass is 339 g/mol. The zero-order valence-corrected chi connectivity index (χ0v) is 13.0. The predicted octanol–water partition coefficient (Wildman–Crippen LogP) is 4.30. The molecule has 0 bridgehead atoms. The van der Waals surface area contributed by atoms with Crippen LogP contribution in [-0.4, -0.2) is 9.55 Å². The molecule has 0 radical (unpaired) electrons. The zero-order chi connectivity index (χ0) is 14.0. The number of hydrogen-bond donors (Lipinski definition) is 1. The summed E-state index contributed by atoms with van der Waals surface area (Å²) in [5, 5.41) is 0.661. The molecule has 1 aromatic carbocycles. The standard InChI is InChI=1S/C14H15BrClN3/c1-3-7-19-12(4-2)18-13(14(19)17)10-8-9(16)5-6-11(10)15/h3,5-6,8H,1,4,7,17H2,2H3. The summed E-state index contributed by atoms with van der Waals surface area (Å²) >= 11 is 9.56. The number of anilines is 1. The van der Waals surface area contributed by atoms with Crippen LogP contribution in [0.5, 0.6) is 0 Å². The summed E-state index contributed by atoms with van der Waals surface area (Å²) in [7, 11) is 0. The number of aromatic nitrogens is 2. The maximum atomic E-state index is 6.21. The number of imidazole rings is 1. The molecule has 0 fully saturated rings. The zero-order valence-electron chi connectivity index (χ0n) is 10.7. The van der Waals surface area contributed by atoms with Gasteiger partial charge < -0.3 is 10.3 Å². The first-order valence-electron chi connectivity index (χ1n) is 5.99. The number of benzene rings is 1. The molecule has 0 aliphatic heterocycles. The summed E-state index contributed by atoms with van der Waals surface area (Å²) in [5.41, 5.74) is 7.87. The number of rotatable bonds is 4. The Morgan fingerprint density at radius 3 is 2.89 bits per heavy atom. The summed E-state index contributed by atoms with van der Waals surface area (Å²) in [6.45, 7) is 6.46. The van der Waals surface area contributed by atoms with Gasteiger partial charge in [-0.25, -0.2) is 4.98 Å². The third kappa shape index (κ3) is 2.69. The van der Waals surface area contributed by atoms with Crippen molar-refractivity contribution < 1.29 is 0 Å². The second-order valence-electron chi connectivity index (χ2n) is 4.14. The second-order valence-corrected chi connectivity index (χ2v) is 5.43.